The number of nitrogens with zero attached hydrogens (tertiary/aromatic N) is 2. The fourth-order valence-corrected chi connectivity index (χ4v) is 2.25. The molecule has 2 rings (SSSR count). The number of aromatic nitrogens is 2. The molecule has 0 N–H and O–H groups in total. The van der Waals surface area contributed by atoms with Crippen molar-refractivity contribution in [1.82, 2.24) is 9.78 Å². The van der Waals surface area contributed by atoms with Gasteiger partial charge in [-0.25, -0.2) is 13.9 Å². The summed E-state index contributed by atoms with van der Waals surface area (Å²) in [6.45, 7) is 3.70. The normalized spacial score (nSPS) is 10.5. The fourth-order valence-electron chi connectivity index (χ4n) is 1.74. The minimum absolute atomic E-state index is 0.274. The zero-order valence-corrected chi connectivity index (χ0v) is 12.1. The zero-order chi connectivity index (χ0) is 14.0. The van der Waals surface area contributed by atoms with Gasteiger partial charge < -0.3 is 4.74 Å². The van der Waals surface area contributed by atoms with Crippen LogP contribution in [0.4, 0.5) is 4.39 Å². The van der Waals surface area contributed by atoms with Gasteiger partial charge in [0.25, 0.3) is 0 Å². The van der Waals surface area contributed by atoms with Crippen molar-refractivity contribution in [2.24, 2.45) is 0 Å². The highest BCUT2D eigenvalue weighted by Gasteiger charge is 2.19. The van der Waals surface area contributed by atoms with Crippen LogP contribution in [-0.2, 0) is 4.74 Å². The van der Waals surface area contributed by atoms with E-state index < -0.39 is 11.8 Å². The van der Waals surface area contributed by atoms with E-state index in [1.165, 1.54) is 16.9 Å². The summed E-state index contributed by atoms with van der Waals surface area (Å²) in [6, 6.07) is 4.64. The summed E-state index contributed by atoms with van der Waals surface area (Å²) >= 11 is 3.28. The zero-order valence-electron chi connectivity index (χ0n) is 10.5. The summed E-state index contributed by atoms with van der Waals surface area (Å²) in [5.41, 5.74) is 1.14. The summed E-state index contributed by atoms with van der Waals surface area (Å²) in [6.07, 6.45) is 1.38. The van der Waals surface area contributed by atoms with Gasteiger partial charge in [-0.2, -0.15) is 5.10 Å². The maximum Gasteiger partial charge on any atom is 0.341 e. The van der Waals surface area contributed by atoms with E-state index in [-0.39, 0.29) is 12.3 Å². The third-order valence-corrected chi connectivity index (χ3v) is 3.29. The summed E-state index contributed by atoms with van der Waals surface area (Å²) in [5, 5.41) is 4.06. The largest absolute Gasteiger partial charge is 0.462 e. The van der Waals surface area contributed by atoms with Crippen LogP contribution in [0.5, 0.6) is 0 Å². The second-order valence-electron chi connectivity index (χ2n) is 3.85. The molecule has 0 aliphatic rings. The van der Waals surface area contributed by atoms with Gasteiger partial charge in [-0.15, -0.1) is 0 Å². The number of halogens is 2. The molecule has 6 heteroatoms. The third kappa shape index (κ3) is 2.53. The Morgan fingerprint density at radius 2 is 2.26 bits per heavy atom. The number of hydrogen-bond acceptors (Lipinski definition) is 3. The van der Waals surface area contributed by atoms with Crippen molar-refractivity contribution in [2.45, 2.75) is 13.8 Å². The lowest BCUT2D eigenvalue weighted by Crippen LogP contribution is -2.08. The molecule has 0 fully saturated rings. The SMILES string of the molecule is CCOC(=O)c1cnn(-c2c(F)cccc2Br)c1C. The van der Waals surface area contributed by atoms with Crippen LogP contribution in [0.1, 0.15) is 23.0 Å². The molecule has 0 bridgehead atoms. The Hall–Kier alpha value is -1.69. The van der Waals surface area contributed by atoms with Crippen molar-refractivity contribution < 1.29 is 13.9 Å². The lowest BCUT2D eigenvalue weighted by molar-refractivity contribution is 0.0525. The maximum atomic E-state index is 13.9. The number of hydrogen-bond donors (Lipinski definition) is 0. The molecule has 4 nitrogen and oxygen atoms in total. The Labute approximate surface area is 118 Å². The van der Waals surface area contributed by atoms with Gasteiger partial charge in [-0.3, -0.25) is 0 Å². The number of carbonyl (C=O) groups excluding carboxylic acids is 1. The van der Waals surface area contributed by atoms with E-state index in [1.54, 1.807) is 26.0 Å². The molecule has 0 aliphatic heterocycles. The van der Waals surface area contributed by atoms with E-state index in [0.29, 0.717) is 15.7 Å². The first-order valence-electron chi connectivity index (χ1n) is 5.72. The Morgan fingerprint density at radius 1 is 1.53 bits per heavy atom. The van der Waals surface area contributed by atoms with Gasteiger partial charge in [-0.05, 0) is 41.9 Å². The number of benzene rings is 1. The molecule has 1 aromatic heterocycles. The van der Waals surface area contributed by atoms with Gasteiger partial charge in [0.15, 0.2) is 0 Å². The molecular weight excluding hydrogens is 315 g/mol. The van der Waals surface area contributed by atoms with E-state index in [9.17, 15) is 9.18 Å². The number of carbonyl (C=O) groups is 1. The second-order valence-corrected chi connectivity index (χ2v) is 4.70. The smallest absolute Gasteiger partial charge is 0.341 e. The van der Waals surface area contributed by atoms with Crippen LogP contribution in [0.25, 0.3) is 5.69 Å². The predicted octanol–water partition coefficient (Wildman–Crippen LogP) is 3.26. The quantitative estimate of drug-likeness (QED) is 0.813. The van der Waals surface area contributed by atoms with Gasteiger partial charge in [0.05, 0.1) is 18.5 Å². The number of esters is 1. The minimum atomic E-state index is -0.460. The molecule has 100 valence electrons. The van der Waals surface area contributed by atoms with E-state index in [0.717, 1.165) is 0 Å². The molecule has 0 amide bonds. The van der Waals surface area contributed by atoms with Gasteiger partial charge >= 0.3 is 5.97 Å². The van der Waals surface area contributed by atoms with Gasteiger partial charge in [0.2, 0.25) is 0 Å². The number of para-hydroxylation sites is 1. The molecule has 0 aliphatic carbocycles. The van der Waals surface area contributed by atoms with Crippen molar-refractivity contribution in [3.05, 3.63) is 45.9 Å². The maximum absolute atomic E-state index is 13.9. The van der Waals surface area contributed by atoms with Crippen LogP contribution in [0.3, 0.4) is 0 Å². The summed E-state index contributed by atoms with van der Waals surface area (Å²) in [4.78, 5) is 11.7. The lowest BCUT2D eigenvalue weighted by atomic mass is 10.2. The van der Waals surface area contributed by atoms with E-state index in [2.05, 4.69) is 21.0 Å². The standard InChI is InChI=1S/C13H12BrFN2O2/c1-3-19-13(18)9-7-16-17(8(9)2)12-10(14)5-4-6-11(12)15/h4-7H,3H2,1-2H3. The highest BCUT2D eigenvalue weighted by atomic mass is 79.9. The fraction of sp³-hybridized carbons (Fsp3) is 0.231. The summed E-state index contributed by atoms with van der Waals surface area (Å²) in [7, 11) is 0. The summed E-state index contributed by atoms with van der Waals surface area (Å²) < 4.78 is 20.7. The van der Waals surface area contributed by atoms with Crippen molar-refractivity contribution >= 4 is 21.9 Å². The molecule has 0 radical (unpaired) electrons. The van der Waals surface area contributed by atoms with Crippen molar-refractivity contribution in [3.8, 4) is 5.69 Å². The molecule has 0 unspecified atom stereocenters. The first-order valence-corrected chi connectivity index (χ1v) is 6.51. The van der Waals surface area contributed by atoms with E-state index in [1.807, 2.05) is 0 Å². The highest BCUT2D eigenvalue weighted by Crippen LogP contribution is 2.25. The van der Waals surface area contributed by atoms with Gasteiger partial charge in [0.1, 0.15) is 17.1 Å². The Morgan fingerprint density at radius 3 is 2.89 bits per heavy atom. The number of rotatable bonds is 3. The molecule has 0 saturated carbocycles. The molecular formula is C13H12BrFN2O2. The summed E-state index contributed by atoms with van der Waals surface area (Å²) in [5.74, 6) is -0.880. The van der Waals surface area contributed by atoms with E-state index in [4.69, 9.17) is 4.74 Å². The number of ether oxygens (including phenoxy) is 1. The average Bonchev–Trinajstić information content (AvgIpc) is 2.72. The molecule has 1 aromatic carbocycles. The van der Waals surface area contributed by atoms with Crippen LogP contribution < -0.4 is 0 Å². The molecule has 1 heterocycles. The second kappa shape index (κ2) is 5.52. The van der Waals surface area contributed by atoms with E-state index >= 15 is 0 Å². The predicted molar refractivity (Wildman–Crippen MR) is 71.9 cm³/mol. The van der Waals surface area contributed by atoms with Crippen LogP contribution in [0.2, 0.25) is 0 Å². The van der Waals surface area contributed by atoms with Crippen LogP contribution in [0.15, 0.2) is 28.9 Å². The van der Waals surface area contributed by atoms with Crippen molar-refractivity contribution in [3.63, 3.8) is 0 Å². The molecule has 2 aromatic rings. The molecule has 0 atom stereocenters. The minimum Gasteiger partial charge on any atom is -0.462 e. The van der Waals surface area contributed by atoms with Gasteiger partial charge in [-0.1, -0.05) is 6.07 Å². The monoisotopic (exact) mass is 326 g/mol. The molecule has 0 saturated heterocycles. The topological polar surface area (TPSA) is 44.1 Å². The third-order valence-electron chi connectivity index (χ3n) is 2.65. The van der Waals surface area contributed by atoms with Crippen LogP contribution in [0, 0.1) is 12.7 Å². The lowest BCUT2D eigenvalue weighted by Gasteiger charge is -2.08. The Kier molecular flexibility index (Phi) is 3.99. The van der Waals surface area contributed by atoms with Crippen molar-refractivity contribution in [2.75, 3.05) is 6.61 Å². The highest BCUT2D eigenvalue weighted by molar-refractivity contribution is 9.10. The van der Waals surface area contributed by atoms with Crippen molar-refractivity contribution in [1.29, 1.82) is 0 Å². The van der Waals surface area contributed by atoms with Crippen LogP contribution >= 0.6 is 15.9 Å². The Balaban J connectivity index is 2.51. The Bertz CT molecular complexity index is 605. The molecule has 0 spiro atoms. The molecule has 19 heavy (non-hydrogen) atoms. The van der Waals surface area contributed by atoms with Crippen LogP contribution in [-0.4, -0.2) is 22.4 Å². The average molecular weight is 327 g/mol. The van der Waals surface area contributed by atoms with Gasteiger partial charge in [0, 0.05) is 4.47 Å². The first-order chi connectivity index (χ1) is 9.06. The first kappa shape index (κ1) is 13.7.